The van der Waals surface area contributed by atoms with Crippen LogP contribution in [0, 0.1) is 0 Å². The van der Waals surface area contributed by atoms with Crippen LogP contribution in [0.4, 0.5) is 0 Å². The molecule has 2 aromatic heterocycles. The topological polar surface area (TPSA) is 25.5 Å². The average molecular weight is 421 g/mol. The van der Waals surface area contributed by atoms with Gasteiger partial charge in [0.2, 0.25) is 5.78 Å². The maximum absolute atomic E-state index is 5.00. The highest BCUT2D eigenvalue weighted by molar-refractivity contribution is 5.81. The molecule has 4 heteroatoms. The normalized spacial score (nSPS) is 15.0. The Balaban J connectivity index is 1.40. The maximum atomic E-state index is 5.00. The largest absolute Gasteiger partial charge is 0.308 e. The fourth-order valence-corrected chi connectivity index (χ4v) is 4.99. The van der Waals surface area contributed by atoms with Crippen molar-refractivity contribution in [3.05, 3.63) is 85.1 Å². The van der Waals surface area contributed by atoms with Gasteiger partial charge in [0.1, 0.15) is 0 Å². The molecule has 3 heterocycles. The lowest BCUT2D eigenvalue weighted by Crippen LogP contribution is -2.32. The second-order valence-corrected chi connectivity index (χ2v) is 8.78. The monoisotopic (exact) mass is 420 g/mol. The van der Waals surface area contributed by atoms with Crippen LogP contribution in [0.1, 0.15) is 19.3 Å². The van der Waals surface area contributed by atoms with E-state index in [9.17, 15) is 0 Å². The number of aromatic nitrogens is 3. The predicted molar refractivity (Wildman–Crippen MR) is 132 cm³/mol. The minimum atomic E-state index is 0.954. The van der Waals surface area contributed by atoms with Crippen LogP contribution in [-0.2, 0) is 6.54 Å². The van der Waals surface area contributed by atoms with Gasteiger partial charge in [-0.1, -0.05) is 73.2 Å². The molecule has 0 N–H and O–H groups in total. The molecule has 160 valence electrons. The molecule has 1 aliphatic heterocycles. The van der Waals surface area contributed by atoms with Crippen LogP contribution in [0.15, 0.2) is 85.1 Å². The second kappa shape index (κ2) is 8.29. The fraction of sp³-hybridized carbons (Fsp3) is 0.250. The van der Waals surface area contributed by atoms with E-state index in [0.29, 0.717) is 0 Å². The Kier molecular flexibility index (Phi) is 5.00. The molecule has 1 fully saturated rings. The van der Waals surface area contributed by atoms with E-state index in [4.69, 9.17) is 4.98 Å². The smallest absolute Gasteiger partial charge is 0.215 e. The standard InChI is InChI=1S/C28H28N4/c1-3-9-22(10-4-1)23-13-15-24(16-14-23)27-21-32-26-12-6-5-11-25(26)29-28(32)31(27)20-19-30-17-7-2-8-18-30/h1,3-6,9-16,21H,2,7-8,17-20H2. The Morgan fingerprint density at radius 3 is 2.16 bits per heavy atom. The van der Waals surface area contributed by atoms with Crippen molar-refractivity contribution in [3.8, 4) is 22.4 Å². The zero-order valence-corrected chi connectivity index (χ0v) is 18.3. The molecule has 5 aromatic rings. The Hall–Kier alpha value is -3.37. The molecule has 0 bridgehead atoms. The van der Waals surface area contributed by atoms with Gasteiger partial charge in [-0.3, -0.25) is 4.40 Å². The molecule has 1 saturated heterocycles. The average Bonchev–Trinajstić information content (AvgIpc) is 3.40. The maximum Gasteiger partial charge on any atom is 0.215 e. The summed E-state index contributed by atoms with van der Waals surface area (Å²) in [6.07, 6.45) is 6.28. The minimum absolute atomic E-state index is 0.954. The van der Waals surface area contributed by atoms with Crippen molar-refractivity contribution in [3.63, 3.8) is 0 Å². The number of imidazole rings is 2. The summed E-state index contributed by atoms with van der Waals surface area (Å²) in [4.78, 5) is 7.60. The summed E-state index contributed by atoms with van der Waals surface area (Å²) in [5.41, 5.74) is 7.19. The molecule has 4 nitrogen and oxygen atoms in total. The quantitative estimate of drug-likeness (QED) is 0.343. The molecular weight excluding hydrogens is 392 g/mol. The van der Waals surface area contributed by atoms with Crippen molar-refractivity contribution in [2.24, 2.45) is 0 Å². The molecular formula is C28H28N4. The summed E-state index contributed by atoms with van der Waals surface area (Å²) in [5, 5.41) is 0. The summed E-state index contributed by atoms with van der Waals surface area (Å²) in [6, 6.07) is 27.9. The summed E-state index contributed by atoms with van der Waals surface area (Å²) in [6.45, 7) is 4.46. The van der Waals surface area contributed by atoms with E-state index in [2.05, 4.69) is 98.9 Å². The van der Waals surface area contributed by atoms with E-state index < -0.39 is 0 Å². The van der Waals surface area contributed by atoms with Gasteiger partial charge in [0.25, 0.3) is 0 Å². The molecule has 0 aliphatic carbocycles. The van der Waals surface area contributed by atoms with Crippen LogP contribution in [0.25, 0.3) is 39.2 Å². The first kappa shape index (κ1) is 19.3. The van der Waals surface area contributed by atoms with E-state index in [1.54, 1.807) is 0 Å². The Labute approximate surface area is 188 Å². The number of rotatable bonds is 5. The van der Waals surface area contributed by atoms with Gasteiger partial charge < -0.3 is 9.47 Å². The van der Waals surface area contributed by atoms with E-state index in [0.717, 1.165) is 24.4 Å². The molecule has 0 radical (unpaired) electrons. The number of hydrogen-bond donors (Lipinski definition) is 0. The summed E-state index contributed by atoms with van der Waals surface area (Å²) in [5.74, 6) is 1.03. The number of fused-ring (bicyclic) bond motifs is 3. The SMILES string of the molecule is c1ccc(-c2ccc(-c3cn4c5ccccc5nc4n3CCN3CCCCC3)cc2)cc1. The number of para-hydroxylation sites is 2. The number of piperidine rings is 1. The number of likely N-dealkylation sites (tertiary alicyclic amines) is 1. The predicted octanol–water partition coefficient (Wildman–Crippen LogP) is 6.11. The van der Waals surface area contributed by atoms with Crippen LogP contribution < -0.4 is 0 Å². The molecule has 32 heavy (non-hydrogen) atoms. The van der Waals surface area contributed by atoms with Gasteiger partial charge in [-0.15, -0.1) is 0 Å². The first-order valence-corrected chi connectivity index (χ1v) is 11.7. The first-order valence-electron chi connectivity index (χ1n) is 11.7. The third kappa shape index (κ3) is 3.51. The van der Waals surface area contributed by atoms with E-state index in [-0.39, 0.29) is 0 Å². The second-order valence-electron chi connectivity index (χ2n) is 8.78. The van der Waals surface area contributed by atoms with E-state index in [1.807, 2.05) is 0 Å². The molecule has 0 spiro atoms. The van der Waals surface area contributed by atoms with Gasteiger partial charge in [0, 0.05) is 19.3 Å². The van der Waals surface area contributed by atoms with Crippen molar-refractivity contribution in [1.29, 1.82) is 0 Å². The molecule has 0 atom stereocenters. The van der Waals surface area contributed by atoms with Crippen LogP contribution in [0.5, 0.6) is 0 Å². The van der Waals surface area contributed by atoms with Crippen LogP contribution in [-0.4, -0.2) is 38.5 Å². The van der Waals surface area contributed by atoms with E-state index in [1.165, 1.54) is 60.3 Å². The highest BCUT2D eigenvalue weighted by Gasteiger charge is 2.17. The van der Waals surface area contributed by atoms with Crippen molar-refractivity contribution in [2.75, 3.05) is 19.6 Å². The fourth-order valence-electron chi connectivity index (χ4n) is 4.99. The summed E-state index contributed by atoms with van der Waals surface area (Å²) >= 11 is 0. The van der Waals surface area contributed by atoms with Gasteiger partial charge in [0.05, 0.1) is 16.7 Å². The van der Waals surface area contributed by atoms with Crippen molar-refractivity contribution >= 4 is 16.8 Å². The van der Waals surface area contributed by atoms with Gasteiger partial charge >= 0.3 is 0 Å². The number of benzene rings is 3. The lowest BCUT2D eigenvalue weighted by molar-refractivity contribution is 0.222. The summed E-state index contributed by atoms with van der Waals surface area (Å²) in [7, 11) is 0. The van der Waals surface area contributed by atoms with Gasteiger partial charge in [-0.25, -0.2) is 4.98 Å². The molecule has 0 amide bonds. The third-order valence-corrected chi connectivity index (χ3v) is 6.74. The van der Waals surface area contributed by atoms with Crippen molar-refractivity contribution < 1.29 is 0 Å². The highest BCUT2D eigenvalue weighted by atomic mass is 15.2. The first-order chi connectivity index (χ1) is 15.9. The Morgan fingerprint density at radius 2 is 1.34 bits per heavy atom. The Bertz CT molecular complexity index is 1340. The minimum Gasteiger partial charge on any atom is -0.308 e. The molecule has 0 unspecified atom stereocenters. The lowest BCUT2D eigenvalue weighted by atomic mass is 10.0. The van der Waals surface area contributed by atoms with Gasteiger partial charge in [-0.2, -0.15) is 0 Å². The molecule has 6 rings (SSSR count). The van der Waals surface area contributed by atoms with Crippen LogP contribution >= 0.6 is 0 Å². The summed E-state index contributed by atoms with van der Waals surface area (Å²) < 4.78 is 4.66. The molecule has 1 aliphatic rings. The van der Waals surface area contributed by atoms with Gasteiger partial charge in [-0.05, 0) is 54.8 Å². The number of nitrogens with zero attached hydrogens (tertiary/aromatic N) is 4. The van der Waals surface area contributed by atoms with Crippen LogP contribution in [0.3, 0.4) is 0 Å². The van der Waals surface area contributed by atoms with Crippen molar-refractivity contribution in [2.45, 2.75) is 25.8 Å². The Morgan fingerprint density at radius 1 is 0.656 bits per heavy atom. The molecule has 0 saturated carbocycles. The third-order valence-electron chi connectivity index (χ3n) is 6.74. The zero-order valence-electron chi connectivity index (χ0n) is 18.3. The van der Waals surface area contributed by atoms with Gasteiger partial charge in [0.15, 0.2) is 0 Å². The molecule has 3 aromatic carbocycles. The van der Waals surface area contributed by atoms with Crippen molar-refractivity contribution in [1.82, 2.24) is 18.9 Å². The highest BCUT2D eigenvalue weighted by Crippen LogP contribution is 2.29. The van der Waals surface area contributed by atoms with E-state index >= 15 is 0 Å². The van der Waals surface area contributed by atoms with Crippen LogP contribution in [0.2, 0.25) is 0 Å². The lowest BCUT2D eigenvalue weighted by Gasteiger charge is -2.26. The zero-order chi connectivity index (χ0) is 21.3. The number of hydrogen-bond acceptors (Lipinski definition) is 2.